The number of para-hydroxylation sites is 2. The Bertz CT molecular complexity index is 2630. The predicted octanol–water partition coefficient (Wildman–Crippen LogP) is 13.9. The standard InChI is InChI=1S/C43H30N2.C4H6.C2H6/c1-29-18-22-34(23-19-29)44-40-16-7-5-14-36(40)38-27-32(20-24-42(38)44)33-21-25-43-39(28-33)37-15-6-8-17-41(37)45(43)35-13-9-12-31(26-35)30-10-3-2-4-11-30;1-3-4-2;1-2/h2-28H,1H3;3-4H,1-2H2;1-2H3. The van der Waals surface area contributed by atoms with Crippen molar-refractivity contribution < 1.29 is 0 Å². The van der Waals surface area contributed by atoms with E-state index < -0.39 is 0 Å². The molecule has 0 fully saturated rings. The van der Waals surface area contributed by atoms with Crippen LogP contribution in [-0.4, -0.2) is 9.13 Å². The van der Waals surface area contributed by atoms with Crippen LogP contribution in [0.2, 0.25) is 0 Å². The normalized spacial score (nSPS) is 10.8. The van der Waals surface area contributed by atoms with Gasteiger partial charge in [0.25, 0.3) is 0 Å². The van der Waals surface area contributed by atoms with Gasteiger partial charge in [0.15, 0.2) is 0 Å². The molecule has 2 heterocycles. The molecular weight excluding hydrogens is 617 g/mol. The molecule has 7 aromatic carbocycles. The lowest BCUT2D eigenvalue weighted by molar-refractivity contribution is 1.17. The van der Waals surface area contributed by atoms with E-state index in [0.717, 1.165) is 0 Å². The molecule has 0 aliphatic carbocycles. The van der Waals surface area contributed by atoms with E-state index in [-0.39, 0.29) is 0 Å². The van der Waals surface area contributed by atoms with Gasteiger partial charge in [-0.3, -0.25) is 0 Å². The molecule has 0 aliphatic heterocycles. The maximum atomic E-state index is 3.36. The molecule has 2 heteroatoms. The minimum atomic E-state index is 1.17. The molecule has 0 radical (unpaired) electrons. The molecule has 0 saturated heterocycles. The van der Waals surface area contributed by atoms with E-state index >= 15 is 0 Å². The van der Waals surface area contributed by atoms with Crippen LogP contribution in [0.1, 0.15) is 19.4 Å². The summed E-state index contributed by atoms with van der Waals surface area (Å²) in [7, 11) is 0. The number of hydrogen-bond acceptors (Lipinski definition) is 0. The maximum Gasteiger partial charge on any atom is 0.0541 e. The second-order valence-corrected chi connectivity index (χ2v) is 12.4. The number of aryl methyl sites for hydroxylation is 1. The first-order valence-corrected chi connectivity index (χ1v) is 17.7. The van der Waals surface area contributed by atoms with Crippen LogP contribution in [0.5, 0.6) is 0 Å². The fraction of sp³-hybridized carbons (Fsp3) is 0.0612. The van der Waals surface area contributed by atoms with Gasteiger partial charge in [-0.1, -0.05) is 148 Å². The zero-order chi connectivity index (χ0) is 35.3. The molecule has 2 aromatic heterocycles. The minimum Gasteiger partial charge on any atom is -0.309 e. The predicted molar refractivity (Wildman–Crippen MR) is 222 cm³/mol. The van der Waals surface area contributed by atoms with Crippen LogP contribution in [0.15, 0.2) is 189 Å². The molecule has 9 aromatic rings. The van der Waals surface area contributed by atoms with E-state index in [1.54, 1.807) is 12.2 Å². The molecule has 9 rings (SSSR count). The van der Waals surface area contributed by atoms with Crippen molar-refractivity contribution >= 4 is 43.6 Å². The smallest absolute Gasteiger partial charge is 0.0541 e. The van der Waals surface area contributed by atoms with Crippen LogP contribution < -0.4 is 0 Å². The van der Waals surface area contributed by atoms with Crippen molar-refractivity contribution in [3.63, 3.8) is 0 Å². The van der Waals surface area contributed by atoms with Crippen LogP contribution in [-0.2, 0) is 0 Å². The molecule has 51 heavy (non-hydrogen) atoms. The molecule has 0 amide bonds. The van der Waals surface area contributed by atoms with E-state index in [4.69, 9.17) is 0 Å². The van der Waals surface area contributed by atoms with E-state index in [9.17, 15) is 0 Å². The lowest BCUT2D eigenvalue weighted by Gasteiger charge is -2.11. The molecule has 0 unspecified atom stereocenters. The van der Waals surface area contributed by atoms with Crippen LogP contribution in [0.25, 0.3) is 77.2 Å². The minimum absolute atomic E-state index is 1.17. The topological polar surface area (TPSA) is 9.86 Å². The summed E-state index contributed by atoms with van der Waals surface area (Å²) in [4.78, 5) is 0. The SMILES string of the molecule is C=CC=C.CC.Cc1ccc(-n2c3ccccc3c3cc(-c4ccc5c(c4)c4ccccc4n5-c4cccc(-c5ccccc5)c4)ccc32)cc1. The highest BCUT2D eigenvalue weighted by atomic mass is 15.0. The van der Waals surface area contributed by atoms with Gasteiger partial charge in [-0.05, 0) is 89.8 Å². The van der Waals surface area contributed by atoms with Crippen LogP contribution in [0.4, 0.5) is 0 Å². The maximum absolute atomic E-state index is 3.36. The Labute approximate surface area is 300 Å². The van der Waals surface area contributed by atoms with Crippen LogP contribution in [0.3, 0.4) is 0 Å². The van der Waals surface area contributed by atoms with Crippen LogP contribution >= 0.6 is 0 Å². The largest absolute Gasteiger partial charge is 0.309 e. The summed E-state index contributed by atoms with van der Waals surface area (Å²) in [5.74, 6) is 0. The number of fused-ring (bicyclic) bond motifs is 6. The Morgan fingerprint density at radius 2 is 0.824 bits per heavy atom. The second kappa shape index (κ2) is 14.6. The Kier molecular flexibility index (Phi) is 9.50. The van der Waals surface area contributed by atoms with Crippen molar-refractivity contribution in [2.24, 2.45) is 0 Å². The average molecular weight is 659 g/mol. The van der Waals surface area contributed by atoms with Crippen molar-refractivity contribution in [1.29, 1.82) is 0 Å². The van der Waals surface area contributed by atoms with Crippen LogP contribution in [0, 0.1) is 6.92 Å². The number of benzene rings is 7. The van der Waals surface area contributed by atoms with Gasteiger partial charge in [-0.25, -0.2) is 0 Å². The van der Waals surface area contributed by atoms with Gasteiger partial charge in [0.2, 0.25) is 0 Å². The van der Waals surface area contributed by atoms with Gasteiger partial charge in [0.1, 0.15) is 0 Å². The quantitative estimate of drug-likeness (QED) is 0.163. The van der Waals surface area contributed by atoms with E-state index in [1.165, 1.54) is 82.8 Å². The van der Waals surface area contributed by atoms with E-state index in [0.29, 0.717) is 0 Å². The summed E-state index contributed by atoms with van der Waals surface area (Å²) in [5.41, 5.74) is 13.4. The molecule has 0 aliphatic rings. The molecule has 0 spiro atoms. The number of rotatable bonds is 5. The highest BCUT2D eigenvalue weighted by Crippen LogP contribution is 2.38. The highest BCUT2D eigenvalue weighted by molar-refractivity contribution is 6.12. The third-order valence-electron chi connectivity index (χ3n) is 9.35. The zero-order valence-electron chi connectivity index (χ0n) is 29.6. The average Bonchev–Trinajstić information content (AvgIpc) is 3.72. The molecule has 0 N–H and O–H groups in total. The van der Waals surface area contributed by atoms with Gasteiger partial charge >= 0.3 is 0 Å². The Balaban J connectivity index is 0.000000635. The summed E-state index contributed by atoms with van der Waals surface area (Å²) in [6, 6.07) is 59.6. The van der Waals surface area contributed by atoms with Crippen molar-refractivity contribution in [2.45, 2.75) is 20.8 Å². The lowest BCUT2D eigenvalue weighted by atomic mass is 10.0. The third kappa shape index (κ3) is 6.17. The van der Waals surface area contributed by atoms with Gasteiger partial charge in [0, 0.05) is 32.9 Å². The summed E-state index contributed by atoms with van der Waals surface area (Å²) in [5, 5.41) is 5.06. The number of nitrogens with zero attached hydrogens (tertiary/aromatic N) is 2. The van der Waals surface area contributed by atoms with Crippen molar-refractivity contribution in [3.8, 4) is 33.6 Å². The summed E-state index contributed by atoms with van der Waals surface area (Å²) >= 11 is 0. The summed E-state index contributed by atoms with van der Waals surface area (Å²) in [6.45, 7) is 12.9. The molecule has 0 atom stereocenters. The Morgan fingerprint density at radius 1 is 0.373 bits per heavy atom. The molecule has 248 valence electrons. The zero-order valence-corrected chi connectivity index (χ0v) is 29.6. The monoisotopic (exact) mass is 658 g/mol. The van der Waals surface area contributed by atoms with Gasteiger partial charge in [-0.2, -0.15) is 0 Å². The van der Waals surface area contributed by atoms with Crippen molar-refractivity contribution in [1.82, 2.24) is 9.13 Å². The first kappa shape index (κ1) is 33.1. The number of hydrogen-bond donors (Lipinski definition) is 0. The van der Waals surface area contributed by atoms with E-state index in [1.807, 2.05) is 13.8 Å². The first-order valence-electron chi connectivity index (χ1n) is 17.7. The highest BCUT2D eigenvalue weighted by Gasteiger charge is 2.16. The first-order chi connectivity index (χ1) is 25.1. The lowest BCUT2D eigenvalue weighted by Crippen LogP contribution is -1.94. The van der Waals surface area contributed by atoms with Gasteiger partial charge in [-0.15, -0.1) is 0 Å². The Hall–Kier alpha value is -6.38. The van der Waals surface area contributed by atoms with E-state index in [2.05, 4.69) is 193 Å². The molecule has 0 saturated carbocycles. The van der Waals surface area contributed by atoms with Crippen molar-refractivity contribution in [3.05, 3.63) is 195 Å². The summed E-state index contributed by atoms with van der Waals surface area (Å²) < 4.78 is 4.79. The molecule has 0 bridgehead atoms. The van der Waals surface area contributed by atoms with Gasteiger partial charge in [0.05, 0.1) is 22.1 Å². The number of allylic oxidation sites excluding steroid dienone is 2. The summed E-state index contributed by atoms with van der Waals surface area (Å²) in [6.07, 6.45) is 3.28. The fourth-order valence-corrected chi connectivity index (χ4v) is 7.01. The van der Waals surface area contributed by atoms with Gasteiger partial charge < -0.3 is 9.13 Å². The number of aromatic nitrogens is 2. The van der Waals surface area contributed by atoms with Crippen molar-refractivity contribution in [2.75, 3.05) is 0 Å². The molecule has 2 nitrogen and oxygen atoms in total. The second-order valence-electron chi connectivity index (χ2n) is 12.4. The molecular formula is C49H42N2. The third-order valence-corrected chi connectivity index (χ3v) is 9.35. The fourth-order valence-electron chi connectivity index (χ4n) is 7.01. The Morgan fingerprint density at radius 3 is 1.37 bits per heavy atom.